The molecule has 2 heterocycles. The van der Waals surface area contributed by atoms with E-state index in [2.05, 4.69) is 10.6 Å². The Balaban J connectivity index is 1.38. The van der Waals surface area contributed by atoms with Crippen molar-refractivity contribution in [1.29, 1.82) is 0 Å². The zero-order valence-corrected chi connectivity index (χ0v) is 16.1. The van der Waals surface area contributed by atoms with Gasteiger partial charge in [-0.05, 0) is 24.3 Å². The lowest BCUT2D eigenvalue weighted by molar-refractivity contribution is -0.384. The van der Waals surface area contributed by atoms with Gasteiger partial charge in [0.1, 0.15) is 0 Å². The Hall–Kier alpha value is -3.89. The number of nitro benzene ring substituents is 1. The summed E-state index contributed by atoms with van der Waals surface area (Å²) in [6, 6.07) is 9.32. The van der Waals surface area contributed by atoms with E-state index in [1.807, 2.05) is 4.90 Å². The van der Waals surface area contributed by atoms with Crippen molar-refractivity contribution in [2.75, 3.05) is 44.2 Å². The van der Waals surface area contributed by atoms with E-state index in [9.17, 15) is 24.5 Å². The van der Waals surface area contributed by atoms with E-state index < -0.39 is 16.7 Å². The SMILES string of the molecule is O=C(CNC(=O)c1ccco1)NCC(=O)N1CCN(c2ccc([N+](=O)[O-])cc2)CC1. The highest BCUT2D eigenvalue weighted by molar-refractivity contribution is 5.94. The van der Waals surface area contributed by atoms with Crippen LogP contribution in [0.3, 0.4) is 0 Å². The smallest absolute Gasteiger partial charge is 0.287 e. The average Bonchev–Trinajstić information content (AvgIpc) is 3.31. The van der Waals surface area contributed by atoms with Crippen molar-refractivity contribution in [1.82, 2.24) is 15.5 Å². The monoisotopic (exact) mass is 415 g/mol. The maximum Gasteiger partial charge on any atom is 0.287 e. The molecule has 1 aromatic heterocycles. The predicted octanol–water partition coefficient (Wildman–Crippen LogP) is 0.383. The number of amides is 3. The van der Waals surface area contributed by atoms with E-state index in [-0.39, 0.29) is 30.4 Å². The van der Waals surface area contributed by atoms with Crippen LogP contribution in [0, 0.1) is 10.1 Å². The first kappa shape index (κ1) is 20.8. The molecule has 158 valence electrons. The van der Waals surface area contributed by atoms with Crippen molar-refractivity contribution in [2.24, 2.45) is 0 Å². The van der Waals surface area contributed by atoms with Crippen LogP contribution < -0.4 is 15.5 Å². The summed E-state index contributed by atoms with van der Waals surface area (Å²) in [5.41, 5.74) is 0.886. The summed E-state index contributed by atoms with van der Waals surface area (Å²) in [6.07, 6.45) is 1.36. The van der Waals surface area contributed by atoms with E-state index in [1.165, 1.54) is 24.5 Å². The zero-order valence-electron chi connectivity index (χ0n) is 16.1. The quantitative estimate of drug-likeness (QED) is 0.492. The highest BCUT2D eigenvalue weighted by Crippen LogP contribution is 2.20. The molecule has 0 aliphatic carbocycles. The topological polar surface area (TPSA) is 138 Å². The molecular formula is C19H21N5O6. The summed E-state index contributed by atoms with van der Waals surface area (Å²) < 4.78 is 4.92. The first-order valence-electron chi connectivity index (χ1n) is 9.29. The number of non-ortho nitro benzene ring substituents is 1. The summed E-state index contributed by atoms with van der Waals surface area (Å²) in [4.78, 5) is 49.8. The lowest BCUT2D eigenvalue weighted by Crippen LogP contribution is -2.51. The molecule has 0 radical (unpaired) electrons. The minimum Gasteiger partial charge on any atom is -0.459 e. The Morgan fingerprint density at radius 3 is 2.30 bits per heavy atom. The Morgan fingerprint density at radius 1 is 1.00 bits per heavy atom. The van der Waals surface area contributed by atoms with Gasteiger partial charge in [0.2, 0.25) is 11.8 Å². The van der Waals surface area contributed by atoms with Crippen LogP contribution in [0.25, 0.3) is 0 Å². The second-order valence-electron chi connectivity index (χ2n) is 6.58. The van der Waals surface area contributed by atoms with Gasteiger partial charge in [-0.25, -0.2) is 0 Å². The molecule has 1 saturated heterocycles. The zero-order chi connectivity index (χ0) is 21.5. The van der Waals surface area contributed by atoms with Crippen LogP contribution in [-0.2, 0) is 9.59 Å². The highest BCUT2D eigenvalue weighted by Gasteiger charge is 2.22. The number of anilines is 1. The van der Waals surface area contributed by atoms with Gasteiger partial charge in [0, 0.05) is 44.0 Å². The van der Waals surface area contributed by atoms with E-state index in [0.29, 0.717) is 26.2 Å². The second kappa shape index (κ2) is 9.54. The molecule has 11 heteroatoms. The number of nitrogens with one attached hydrogen (secondary N) is 2. The number of hydrogen-bond acceptors (Lipinski definition) is 7. The maximum atomic E-state index is 12.3. The molecule has 30 heavy (non-hydrogen) atoms. The van der Waals surface area contributed by atoms with Gasteiger partial charge in [-0.3, -0.25) is 24.5 Å². The van der Waals surface area contributed by atoms with Crippen molar-refractivity contribution >= 4 is 29.1 Å². The van der Waals surface area contributed by atoms with Gasteiger partial charge in [-0.1, -0.05) is 0 Å². The van der Waals surface area contributed by atoms with Crippen LogP contribution in [0.15, 0.2) is 47.1 Å². The lowest BCUT2D eigenvalue weighted by atomic mass is 10.2. The Kier molecular flexibility index (Phi) is 6.63. The summed E-state index contributed by atoms with van der Waals surface area (Å²) >= 11 is 0. The molecule has 1 aromatic carbocycles. The van der Waals surface area contributed by atoms with Gasteiger partial charge in [-0.2, -0.15) is 0 Å². The van der Waals surface area contributed by atoms with Crippen molar-refractivity contribution < 1.29 is 23.7 Å². The number of benzene rings is 1. The molecule has 0 spiro atoms. The van der Waals surface area contributed by atoms with Crippen molar-refractivity contribution in [3.63, 3.8) is 0 Å². The van der Waals surface area contributed by atoms with Crippen molar-refractivity contribution in [2.45, 2.75) is 0 Å². The van der Waals surface area contributed by atoms with Crippen LogP contribution in [0.2, 0.25) is 0 Å². The van der Waals surface area contributed by atoms with Gasteiger partial charge in [0.15, 0.2) is 5.76 Å². The number of hydrogen-bond donors (Lipinski definition) is 2. The minimum atomic E-state index is -0.510. The van der Waals surface area contributed by atoms with E-state index in [1.54, 1.807) is 23.1 Å². The van der Waals surface area contributed by atoms with Gasteiger partial charge in [0.25, 0.3) is 11.6 Å². The third kappa shape index (κ3) is 5.34. The van der Waals surface area contributed by atoms with Crippen LogP contribution >= 0.6 is 0 Å². The third-order valence-corrected chi connectivity index (χ3v) is 4.65. The molecule has 3 amide bonds. The van der Waals surface area contributed by atoms with Crippen LogP contribution in [-0.4, -0.2) is 66.8 Å². The molecule has 0 atom stereocenters. The number of nitro groups is 1. The summed E-state index contributed by atoms with van der Waals surface area (Å²) in [6.45, 7) is 1.68. The fourth-order valence-electron chi connectivity index (χ4n) is 3.00. The molecule has 2 aromatic rings. The minimum absolute atomic E-state index is 0.0312. The first-order valence-corrected chi connectivity index (χ1v) is 9.29. The van der Waals surface area contributed by atoms with E-state index in [0.717, 1.165) is 5.69 Å². The number of furan rings is 1. The third-order valence-electron chi connectivity index (χ3n) is 4.65. The molecule has 1 fully saturated rings. The lowest BCUT2D eigenvalue weighted by Gasteiger charge is -2.36. The number of rotatable bonds is 7. The van der Waals surface area contributed by atoms with Crippen LogP contribution in [0.4, 0.5) is 11.4 Å². The molecule has 2 N–H and O–H groups in total. The normalized spacial score (nSPS) is 13.6. The number of nitrogens with zero attached hydrogens (tertiary/aromatic N) is 3. The summed E-state index contributed by atoms with van der Waals surface area (Å²) in [5, 5.41) is 15.6. The Labute approximate surface area is 171 Å². The number of carbonyl (C=O) groups is 3. The number of piperazine rings is 1. The molecular weight excluding hydrogens is 394 g/mol. The Morgan fingerprint density at radius 2 is 1.70 bits per heavy atom. The van der Waals surface area contributed by atoms with E-state index in [4.69, 9.17) is 4.42 Å². The molecule has 0 unspecified atom stereocenters. The molecule has 3 rings (SSSR count). The summed E-state index contributed by atoms with van der Waals surface area (Å²) in [5.74, 6) is -1.11. The van der Waals surface area contributed by atoms with Gasteiger partial charge < -0.3 is 24.9 Å². The molecule has 1 aliphatic heterocycles. The van der Waals surface area contributed by atoms with Gasteiger partial charge in [-0.15, -0.1) is 0 Å². The van der Waals surface area contributed by atoms with Gasteiger partial charge in [0.05, 0.1) is 24.3 Å². The molecule has 11 nitrogen and oxygen atoms in total. The molecule has 0 bridgehead atoms. The van der Waals surface area contributed by atoms with E-state index >= 15 is 0 Å². The van der Waals surface area contributed by atoms with Crippen molar-refractivity contribution in [3.8, 4) is 0 Å². The first-order chi connectivity index (χ1) is 14.4. The van der Waals surface area contributed by atoms with Crippen LogP contribution in [0.1, 0.15) is 10.6 Å². The second-order valence-corrected chi connectivity index (χ2v) is 6.58. The predicted molar refractivity (Wildman–Crippen MR) is 106 cm³/mol. The largest absolute Gasteiger partial charge is 0.459 e. The maximum absolute atomic E-state index is 12.3. The average molecular weight is 415 g/mol. The number of carbonyl (C=O) groups excluding carboxylic acids is 3. The van der Waals surface area contributed by atoms with Gasteiger partial charge >= 0.3 is 0 Å². The fraction of sp³-hybridized carbons (Fsp3) is 0.316. The molecule has 1 aliphatic rings. The highest BCUT2D eigenvalue weighted by atomic mass is 16.6. The fourth-order valence-corrected chi connectivity index (χ4v) is 3.00. The standard InChI is InChI=1S/C19H21N5O6/c25-17(12-21-19(27)16-2-1-11-30-16)20-13-18(26)23-9-7-22(8-10-23)14-3-5-15(6-4-14)24(28)29/h1-6,11H,7-10,12-13H2,(H,20,25)(H,21,27). The molecule has 0 saturated carbocycles. The summed E-state index contributed by atoms with van der Waals surface area (Å²) in [7, 11) is 0. The Bertz CT molecular complexity index is 904. The van der Waals surface area contributed by atoms with Crippen molar-refractivity contribution in [3.05, 3.63) is 58.5 Å². The van der Waals surface area contributed by atoms with Crippen LogP contribution in [0.5, 0.6) is 0 Å².